The van der Waals surface area contributed by atoms with Gasteiger partial charge in [-0.1, -0.05) is 31.2 Å². The van der Waals surface area contributed by atoms with Crippen molar-refractivity contribution in [1.29, 1.82) is 0 Å². The van der Waals surface area contributed by atoms with Crippen molar-refractivity contribution in [2.24, 2.45) is 5.73 Å². The lowest BCUT2D eigenvalue weighted by atomic mass is 10.1. The van der Waals surface area contributed by atoms with Gasteiger partial charge < -0.3 is 10.2 Å². The van der Waals surface area contributed by atoms with Gasteiger partial charge in [-0.2, -0.15) is 0 Å². The smallest absolute Gasteiger partial charge is 0.282 e. The Bertz CT molecular complexity index is 1160. The number of benzene rings is 2. The summed E-state index contributed by atoms with van der Waals surface area (Å²) < 4.78 is 5.76. The van der Waals surface area contributed by atoms with Crippen LogP contribution in [0.3, 0.4) is 0 Å². The highest BCUT2D eigenvalue weighted by Gasteiger charge is 2.34. The first-order valence-electron chi connectivity index (χ1n) is 9.42. The van der Waals surface area contributed by atoms with Crippen LogP contribution in [0.5, 0.6) is 0 Å². The molecule has 30 heavy (non-hydrogen) atoms. The van der Waals surface area contributed by atoms with Crippen LogP contribution in [0, 0.1) is 0 Å². The number of carbonyl (C=O) groups excluding carboxylic acids is 3. The molecule has 0 unspecified atom stereocenters. The van der Waals surface area contributed by atoms with Gasteiger partial charge in [-0.15, -0.1) is 0 Å². The quantitative estimate of drug-likeness (QED) is 0.506. The molecule has 2 heterocycles. The molecule has 4 rings (SSSR count). The van der Waals surface area contributed by atoms with Crippen molar-refractivity contribution in [2.45, 2.75) is 13.3 Å². The Kier molecular flexibility index (Phi) is 4.93. The zero-order valence-electron chi connectivity index (χ0n) is 16.2. The van der Waals surface area contributed by atoms with E-state index < -0.39 is 17.7 Å². The summed E-state index contributed by atoms with van der Waals surface area (Å²) in [6, 6.07) is 17.4. The second-order valence-electron chi connectivity index (χ2n) is 6.80. The van der Waals surface area contributed by atoms with Crippen molar-refractivity contribution in [3.8, 4) is 11.3 Å². The number of anilines is 1. The number of nitrogens with two attached hydrogens (primary N) is 1. The summed E-state index contributed by atoms with van der Waals surface area (Å²) in [5, 5.41) is 1.22. The average molecular weight is 401 g/mol. The zero-order valence-corrected chi connectivity index (χ0v) is 16.2. The molecule has 0 aliphatic carbocycles. The molecular weight excluding hydrogens is 382 g/mol. The first-order valence-corrected chi connectivity index (χ1v) is 9.42. The summed E-state index contributed by atoms with van der Waals surface area (Å²) in [4.78, 5) is 36.3. The van der Waals surface area contributed by atoms with Crippen molar-refractivity contribution in [3.05, 3.63) is 83.1 Å². The number of hydrazine groups is 1. The van der Waals surface area contributed by atoms with Crippen LogP contribution < -0.4 is 16.2 Å². The summed E-state index contributed by atoms with van der Waals surface area (Å²) in [6.07, 6.45) is 2.30. The van der Waals surface area contributed by atoms with Crippen molar-refractivity contribution >= 4 is 29.5 Å². The lowest BCUT2D eigenvalue weighted by Crippen LogP contribution is -2.35. The minimum Gasteiger partial charge on any atom is -0.457 e. The third-order valence-corrected chi connectivity index (χ3v) is 4.86. The number of nitrogens with one attached hydrogen (secondary N) is 1. The van der Waals surface area contributed by atoms with E-state index in [1.807, 2.05) is 19.1 Å². The molecule has 3 amide bonds. The molecule has 3 N–H and O–H groups in total. The number of furan rings is 1. The van der Waals surface area contributed by atoms with Crippen LogP contribution in [-0.2, 0) is 16.0 Å². The van der Waals surface area contributed by atoms with Gasteiger partial charge in [0.2, 0.25) is 5.91 Å². The fourth-order valence-electron chi connectivity index (χ4n) is 3.15. The number of nitrogens with zero attached hydrogens (tertiary/aromatic N) is 1. The number of amides is 3. The van der Waals surface area contributed by atoms with Crippen LogP contribution in [0.4, 0.5) is 5.69 Å². The third-order valence-electron chi connectivity index (χ3n) is 4.86. The summed E-state index contributed by atoms with van der Waals surface area (Å²) in [5.74, 6) is -0.552. The molecule has 3 aromatic rings. The molecule has 0 atom stereocenters. The minimum absolute atomic E-state index is 0.0143. The van der Waals surface area contributed by atoms with Crippen molar-refractivity contribution < 1.29 is 18.8 Å². The molecule has 1 aliphatic rings. The summed E-state index contributed by atoms with van der Waals surface area (Å²) in [7, 11) is 0. The van der Waals surface area contributed by atoms with Gasteiger partial charge in [0.15, 0.2) is 0 Å². The predicted octanol–water partition coefficient (Wildman–Crippen LogP) is 3.07. The Morgan fingerprint density at radius 1 is 1.03 bits per heavy atom. The van der Waals surface area contributed by atoms with E-state index in [0.717, 1.165) is 17.5 Å². The second kappa shape index (κ2) is 7.71. The number of rotatable bonds is 5. The Labute approximate surface area is 172 Å². The van der Waals surface area contributed by atoms with E-state index >= 15 is 0 Å². The molecule has 1 saturated heterocycles. The summed E-state index contributed by atoms with van der Waals surface area (Å²) in [6.45, 7) is 2.04. The fourth-order valence-corrected chi connectivity index (χ4v) is 3.15. The maximum absolute atomic E-state index is 12.7. The third kappa shape index (κ3) is 3.60. The lowest BCUT2D eigenvalue weighted by Gasteiger charge is -2.14. The number of carbonyl (C=O) groups is 3. The molecule has 0 bridgehead atoms. The van der Waals surface area contributed by atoms with Crippen LogP contribution in [-0.4, -0.2) is 17.7 Å². The SMILES string of the molecule is CCc1ccc(N2NC(=O)/C(=C/c3ccc(-c4ccc(C(N)=O)cc4)o3)C2=O)cc1. The number of aryl methyl sites for hydroxylation is 1. The van der Waals surface area contributed by atoms with E-state index in [-0.39, 0.29) is 5.57 Å². The van der Waals surface area contributed by atoms with Gasteiger partial charge in [-0.05, 0) is 54.5 Å². The number of hydrogen-bond donors (Lipinski definition) is 2. The first kappa shape index (κ1) is 19.2. The van der Waals surface area contributed by atoms with Crippen LogP contribution in [0.25, 0.3) is 17.4 Å². The Balaban J connectivity index is 1.56. The maximum Gasteiger partial charge on any atom is 0.282 e. The van der Waals surface area contributed by atoms with Gasteiger partial charge in [0.05, 0.1) is 5.69 Å². The zero-order chi connectivity index (χ0) is 21.3. The highest BCUT2D eigenvalue weighted by atomic mass is 16.3. The highest BCUT2D eigenvalue weighted by molar-refractivity contribution is 6.31. The molecule has 1 aliphatic heterocycles. The predicted molar refractivity (Wildman–Crippen MR) is 112 cm³/mol. The molecule has 1 aromatic heterocycles. The van der Waals surface area contributed by atoms with E-state index in [4.69, 9.17) is 10.2 Å². The van der Waals surface area contributed by atoms with Gasteiger partial charge in [0.1, 0.15) is 17.1 Å². The number of hydrogen-bond acceptors (Lipinski definition) is 4. The van der Waals surface area contributed by atoms with Crippen molar-refractivity contribution in [2.75, 3.05) is 5.01 Å². The summed E-state index contributed by atoms with van der Waals surface area (Å²) in [5.41, 5.74) is 10.7. The van der Waals surface area contributed by atoms with E-state index in [0.29, 0.717) is 22.8 Å². The molecule has 2 aromatic carbocycles. The van der Waals surface area contributed by atoms with E-state index in [2.05, 4.69) is 5.43 Å². The Morgan fingerprint density at radius 2 is 1.73 bits per heavy atom. The Hall–Kier alpha value is -4.13. The molecule has 7 nitrogen and oxygen atoms in total. The van der Waals surface area contributed by atoms with E-state index in [1.54, 1.807) is 48.5 Å². The molecule has 1 fully saturated rings. The fraction of sp³-hybridized carbons (Fsp3) is 0.0870. The highest BCUT2D eigenvalue weighted by Crippen LogP contribution is 2.26. The minimum atomic E-state index is -0.508. The van der Waals surface area contributed by atoms with Gasteiger partial charge in [0.25, 0.3) is 11.8 Å². The average Bonchev–Trinajstić information content (AvgIpc) is 3.34. The lowest BCUT2D eigenvalue weighted by molar-refractivity contribution is -0.117. The van der Waals surface area contributed by atoms with Crippen molar-refractivity contribution in [1.82, 2.24) is 5.43 Å². The van der Waals surface area contributed by atoms with Gasteiger partial charge >= 0.3 is 0 Å². The Morgan fingerprint density at radius 3 is 2.37 bits per heavy atom. The summed E-state index contributed by atoms with van der Waals surface area (Å²) >= 11 is 0. The molecule has 150 valence electrons. The monoisotopic (exact) mass is 401 g/mol. The van der Waals surface area contributed by atoms with Gasteiger partial charge in [-0.25, -0.2) is 5.01 Å². The first-order chi connectivity index (χ1) is 14.5. The van der Waals surface area contributed by atoms with E-state index in [9.17, 15) is 14.4 Å². The molecular formula is C23H19N3O4. The standard InChI is InChI=1S/C23H19N3O4/c1-2-14-3-9-17(10-4-14)26-23(29)19(22(28)25-26)13-18-11-12-20(30-18)15-5-7-16(8-6-15)21(24)27/h3-13H,2H2,1H3,(H2,24,27)(H,25,28)/b19-13-. The van der Waals surface area contributed by atoms with Gasteiger partial charge in [0, 0.05) is 11.1 Å². The van der Waals surface area contributed by atoms with Crippen LogP contribution >= 0.6 is 0 Å². The van der Waals surface area contributed by atoms with Crippen molar-refractivity contribution in [3.63, 3.8) is 0 Å². The van der Waals surface area contributed by atoms with Crippen LogP contribution in [0.1, 0.15) is 28.6 Å². The molecule has 0 spiro atoms. The number of primary amides is 1. The molecule has 0 saturated carbocycles. The normalized spacial score (nSPS) is 15.0. The molecule has 7 heteroatoms. The topological polar surface area (TPSA) is 106 Å². The van der Waals surface area contributed by atoms with Crippen LogP contribution in [0.15, 0.2) is 70.7 Å². The second-order valence-corrected chi connectivity index (χ2v) is 6.80. The van der Waals surface area contributed by atoms with Gasteiger partial charge in [-0.3, -0.25) is 19.8 Å². The largest absolute Gasteiger partial charge is 0.457 e. The van der Waals surface area contributed by atoms with Crippen LogP contribution in [0.2, 0.25) is 0 Å². The maximum atomic E-state index is 12.7. The van der Waals surface area contributed by atoms with E-state index in [1.165, 1.54) is 11.1 Å². The molecule has 0 radical (unpaired) electrons.